The number of benzene rings is 1. The molecule has 0 aliphatic carbocycles. The van der Waals surface area contributed by atoms with Crippen LogP contribution in [0.2, 0.25) is 0 Å². The lowest BCUT2D eigenvalue weighted by atomic mass is 10.1. The van der Waals surface area contributed by atoms with E-state index in [1.807, 2.05) is 15.9 Å². The van der Waals surface area contributed by atoms with Crippen molar-refractivity contribution >= 4 is 11.8 Å². The number of hydrogen-bond acceptors (Lipinski definition) is 4. The van der Waals surface area contributed by atoms with Crippen LogP contribution >= 0.6 is 0 Å². The minimum absolute atomic E-state index is 0.0769. The molecule has 0 unspecified atom stereocenters. The molecule has 1 aromatic rings. The fourth-order valence-electron chi connectivity index (χ4n) is 3.31. The molecule has 1 atom stereocenters. The lowest BCUT2D eigenvalue weighted by Gasteiger charge is -2.35. The summed E-state index contributed by atoms with van der Waals surface area (Å²) in [4.78, 5) is 28.3. The molecule has 0 bridgehead atoms. The first kappa shape index (κ1) is 18.8. The van der Waals surface area contributed by atoms with E-state index >= 15 is 0 Å². The summed E-state index contributed by atoms with van der Waals surface area (Å²) < 4.78 is 19.0. The third-order valence-corrected chi connectivity index (χ3v) is 4.98. The van der Waals surface area contributed by atoms with Crippen molar-refractivity contribution < 1.29 is 18.7 Å². The Bertz CT molecular complexity index is 653. The monoisotopic (exact) mass is 363 g/mol. The summed E-state index contributed by atoms with van der Waals surface area (Å²) in [6, 6.07) is 4.97. The molecule has 0 aromatic heterocycles. The van der Waals surface area contributed by atoms with Gasteiger partial charge in [0.05, 0.1) is 6.54 Å². The Kier molecular flexibility index (Phi) is 6.21. The molecule has 2 saturated heterocycles. The molecule has 7 heteroatoms. The molecule has 0 saturated carbocycles. The predicted molar refractivity (Wildman–Crippen MR) is 95.0 cm³/mol. The summed E-state index contributed by atoms with van der Waals surface area (Å²) in [5, 5.41) is 2.82. The fraction of sp³-hybridized carbons (Fsp3) is 0.579. The zero-order chi connectivity index (χ0) is 18.5. The maximum atomic E-state index is 13.5. The van der Waals surface area contributed by atoms with Gasteiger partial charge < -0.3 is 15.0 Å². The molecule has 2 heterocycles. The van der Waals surface area contributed by atoms with Crippen LogP contribution in [0, 0.1) is 12.7 Å². The van der Waals surface area contributed by atoms with E-state index in [0.717, 1.165) is 18.4 Å². The second kappa shape index (κ2) is 8.60. The summed E-state index contributed by atoms with van der Waals surface area (Å²) in [6.45, 7) is 5.56. The van der Waals surface area contributed by atoms with E-state index < -0.39 is 0 Å². The van der Waals surface area contributed by atoms with Crippen LogP contribution in [0.25, 0.3) is 0 Å². The number of halogens is 1. The highest BCUT2D eigenvalue weighted by atomic mass is 19.1. The van der Waals surface area contributed by atoms with Crippen molar-refractivity contribution in [3.8, 4) is 0 Å². The van der Waals surface area contributed by atoms with Gasteiger partial charge in [-0.05, 0) is 37.0 Å². The average Bonchev–Trinajstić information content (AvgIpc) is 3.17. The normalized spacial score (nSPS) is 21.0. The first-order valence-electron chi connectivity index (χ1n) is 9.17. The van der Waals surface area contributed by atoms with Crippen LogP contribution in [0.5, 0.6) is 0 Å². The van der Waals surface area contributed by atoms with Gasteiger partial charge in [-0.2, -0.15) is 0 Å². The zero-order valence-electron chi connectivity index (χ0n) is 15.2. The van der Waals surface area contributed by atoms with E-state index in [1.54, 1.807) is 13.0 Å². The van der Waals surface area contributed by atoms with Gasteiger partial charge >= 0.3 is 0 Å². The summed E-state index contributed by atoms with van der Waals surface area (Å²) in [5.74, 6) is -0.276. The van der Waals surface area contributed by atoms with Gasteiger partial charge in [0, 0.05) is 39.3 Å². The molecule has 1 N–H and O–H groups in total. The molecule has 142 valence electrons. The first-order valence-corrected chi connectivity index (χ1v) is 9.17. The smallest absolute Gasteiger partial charge is 0.251 e. The minimum Gasteiger partial charge on any atom is -0.368 e. The number of rotatable bonds is 5. The molecule has 2 aliphatic rings. The molecular weight excluding hydrogens is 337 g/mol. The van der Waals surface area contributed by atoms with Crippen molar-refractivity contribution in [1.29, 1.82) is 0 Å². The van der Waals surface area contributed by atoms with Crippen LogP contribution in [0.15, 0.2) is 18.2 Å². The minimum atomic E-state index is -0.278. The number of nitrogens with zero attached hydrogens (tertiary/aromatic N) is 2. The second-order valence-corrected chi connectivity index (χ2v) is 6.96. The van der Waals surface area contributed by atoms with E-state index in [4.69, 9.17) is 4.74 Å². The van der Waals surface area contributed by atoms with Gasteiger partial charge in [0.15, 0.2) is 0 Å². The summed E-state index contributed by atoms with van der Waals surface area (Å²) >= 11 is 0. The van der Waals surface area contributed by atoms with E-state index in [0.29, 0.717) is 44.9 Å². The molecule has 2 aliphatic heterocycles. The van der Waals surface area contributed by atoms with Gasteiger partial charge in [-0.15, -0.1) is 0 Å². The first-order chi connectivity index (χ1) is 12.5. The second-order valence-electron chi connectivity index (χ2n) is 6.96. The Morgan fingerprint density at radius 3 is 2.69 bits per heavy atom. The van der Waals surface area contributed by atoms with E-state index in [-0.39, 0.29) is 30.3 Å². The molecule has 2 amide bonds. The van der Waals surface area contributed by atoms with Crippen LogP contribution in [-0.4, -0.2) is 67.0 Å². The highest BCUT2D eigenvalue weighted by molar-refractivity contribution is 5.81. The van der Waals surface area contributed by atoms with Gasteiger partial charge in [-0.1, -0.05) is 12.1 Å². The van der Waals surface area contributed by atoms with Crippen LogP contribution in [0.3, 0.4) is 0 Å². The maximum Gasteiger partial charge on any atom is 0.251 e. The van der Waals surface area contributed by atoms with E-state index in [1.165, 1.54) is 6.07 Å². The number of nitrogens with one attached hydrogen (secondary N) is 1. The highest BCUT2D eigenvalue weighted by Gasteiger charge is 2.30. The summed E-state index contributed by atoms with van der Waals surface area (Å²) in [6.07, 6.45) is 1.47. The number of hydrogen-bond donors (Lipinski definition) is 1. The van der Waals surface area contributed by atoms with Crippen LogP contribution in [0.1, 0.15) is 24.0 Å². The molecule has 2 fully saturated rings. The van der Waals surface area contributed by atoms with Crippen molar-refractivity contribution in [2.75, 3.05) is 39.3 Å². The van der Waals surface area contributed by atoms with Crippen LogP contribution in [0.4, 0.5) is 4.39 Å². The maximum absolute atomic E-state index is 13.5. The number of carbonyl (C=O) groups excluding carboxylic acids is 2. The Morgan fingerprint density at radius 2 is 2.04 bits per heavy atom. The number of piperazine rings is 1. The van der Waals surface area contributed by atoms with Crippen molar-refractivity contribution in [3.05, 3.63) is 35.1 Å². The van der Waals surface area contributed by atoms with Gasteiger partial charge in [-0.3, -0.25) is 14.5 Å². The molecule has 26 heavy (non-hydrogen) atoms. The SMILES string of the molecule is Cc1ccc(CNC(=O)CN2CCN(C(=O)[C@H]3CCCO3)CC2)cc1F. The Hall–Kier alpha value is -1.99. The summed E-state index contributed by atoms with van der Waals surface area (Å²) in [7, 11) is 0. The Morgan fingerprint density at radius 1 is 1.27 bits per heavy atom. The van der Waals surface area contributed by atoms with Gasteiger partial charge in [-0.25, -0.2) is 4.39 Å². The molecule has 3 rings (SSSR count). The Labute approximate surface area is 153 Å². The molecule has 0 spiro atoms. The lowest BCUT2D eigenvalue weighted by molar-refractivity contribution is -0.142. The predicted octanol–water partition coefficient (Wildman–Crippen LogP) is 1.07. The molecule has 6 nitrogen and oxygen atoms in total. The molecule has 0 radical (unpaired) electrons. The van der Waals surface area contributed by atoms with Crippen molar-refractivity contribution in [1.82, 2.24) is 15.1 Å². The lowest BCUT2D eigenvalue weighted by Crippen LogP contribution is -2.53. The van der Waals surface area contributed by atoms with Gasteiger partial charge in [0.2, 0.25) is 5.91 Å². The number of amides is 2. The number of ether oxygens (including phenoxy) is 1. The number of carbonyl (C=O) groups is 2. The molecule has 1 aromatic carbocycles. The highest BCUT2D eigenvalue weighted by Crippen LogP contribution is 2.16. The summed E-state index contributed by atoms with van der Waals surface area (Å²) in [5.41, 5.74) is 1.34. The average molecular weight is 363 g/mol. The molecular formula is C19H26FN3O3. The van der Waals surface area contributed by atoms with Crippen LogP contribution < -0.4 is 5.32 Å². The van der Waals surface area contributed by atoms with Crippen LogP contribution in [-0.2, 0) is 20.9 Å². The largest absolute Gasteiger partial charge is 0.368 e. The topological polar surface area (TPSA) is 61.9 Å². The van der Waals surface area contributed by atoms with Crippen molar-refractivity contribution in [2.45, 2.75) is 32.4 Å². The fourth-order valence-corrected chi connectivity index (χ4v) is 3.31. The van der Waals surface area contributed by atoms with E-state index in [2.05, 4.69) is 5.32 Å². The quantitative estimate of drug-likeness (QED) is 0.850. The standard InChI is InChI=1S/C19H26FN3O3/c1-14-4-5-15(11-16(14)20)12-21-18(24)13-22-6-8-23(9-7-22)19(25)17-3-2-10-26-17/h4-5,11,17H,2-3,6-10,12-13H2,1H3,(H,21,24)/t17-/m1/s1. The third kappa shape index (κ3) is 4.80. The van der Waals surface area contributed by atoms with Crippen molar-refractivity contribution in [2.24, 2.45) is 0 Å². The van der Waals surface area contributed by atoms with Gasteiger partial charge in [0.25, 0.3) is 5.91 Å². The van der Waals surface area contributed by atoms with E-state index in [9.17, 15) is 14.0 Å². The van der Waals surface area contributed by atoms with Crippen molar-refractivity contribution in [3.63, 3.8) is 0 Å². The zero-order valence-corrected chi connectivity index (χ0v) is 15.2. The third-order valence-electron chi connectivity index (χ3n) is 4.98. The van der Waals surface area contributed by atoms with Gasteiger partial charge in [0.1, 0.15) is 11.9 Å². The Balaban J connectivity index is 1.39. The number of aryl methyl sites for hydroxylation is 1.